The molecule has 1 aliphatic rings. The maximum absolute atomic E-state index is 4.20. The summed E-state index contributed by atoms with van der Waals surface area (Å²) in [5.41, 5.74) is 1.31. The fraction of sp³-hybridized carbons (Fsp3) is 0.562. The molecular formula is C16H23N5S. The number of nitrogens with zero attached hydrogens (tertiary/aromatic N) is 5. The van der Waals surface area contributed by atoms with Crippen LogP contribution in [-0.2, 0) is 12.1 Å². The Labute approximate surface area is 136 Å². The van der Waals surface area contributed by atoms with Crippen molar-refractivity contribution in [3.63, 3.8) is 0 Å². The molecule has 0 radical (unpaired) electrons. The minimum absolute atomic E-state index is 0.0752. The second-order valence-electron chi connectivity index (χ2n) is 6.79. The van der Waals surface area contributed by atoms with Gasteiger partial charge in [0.15, 0.2) is 0 Å². The van der Waals surface area contributed by atoms with Crippen LogP contribution < -0.4 is 0 Å². The van der Waals surface area contributed by atoms with Gasteiger partial charge in [-0.05, 0) is 49.7 Å². The van der Waals surface area contributed by atoms with Crippen LogP contribution in [0.4, 0.5) is 0 Å². The van der Waals surface area contributed by atoms with Crippen molar-refractivity contribution in [1.82, 2.24) is 25.1 Å². The Balaban J connectivity index is 1.59. The molecule has 2 heterocycles. The number of aromatic nitrogens is 4. The van der Waals surface area contributed by atoms with Gasteiger partial charge in [-0.1, -0.05) is 42.1 Å². The third-order valence-electron chi connectivity index (χ3n) is 3.83. The van der Waals surface area contributed by atoms with Crippen molar-refractivity contribution >= 4 is 11.8 Å². The SMILES string of the molecule is CC(C)(C)n1nnnc1S[C@H]1CCN(Cc2ccccc2)C1. The monoisotopic (exact) mass is 317 g/mol. The Morgan fingerprint density at radius 2 is 2.00 bits per heavy atom. The molecule has 0 aliphatic carbocycles. The Bertz CT molecular complexity index is 604. The molecule has 1 fully saturated rings. The minimum Gasteiger partial charge on any atom is -0.298 e. The molecule has 1 aromatic heterocycles. The lowest BCUT2D eigenvalue weighted by atomic mass is 10.1. The van der Waals surface area contributed by atoms with E-state index in [1.807, 2.05) is 16.4 Å². The van der Waals surface area contributed by atoms with Crippen molar-refractivity contribution < 1.29 is 0 Å². The summed E-state index contributed by atoms with van der Waals surface area (Å²) in [6.07, 6.45) is 1.19. The molecule has 3 rings (SSSR count). The smallest absolute Gasteiger partial charge is 0.210 e. The highest BCUT2D eigenvalue weighted by molar-refractivity contribution is 7.99. The lowest BCUT2D eigenvalue weighted by molar-refractivity contribution is 0.320. The van der Waals surface area contributed by atoms with Crippen molar-refractivity contribution in [3.05, 3.63) is 35.9 Å². The van der Waals surface area contributed by atoms with Gasteiger partial charge in [-0.2, -0.15) is 0 Å². The van der Waals surface area contributed by atoms with E-state index in [9.17, 15) is 0 Å². The molecule has 0 N–H and O–H groups in total. The molecule has 22 heavy (non-hydrogen) atoms. The van der Waals surface area contributed by atoms with Gasteiger partial charge in [-0.15, -0.1) is 5.10 Å². The average Bonchev–Trinajstić information content (AvgIpc) is 3.09. The highest BCUT2D eigenvalue weighted by atomic mass is 32.2. The van der Waals surface area contributed by atoms with Crippen LogP contribution in [0.5, 0.6) is 0 Å². The molecule has 1 aliphatic heterocycles. The van der Waals surface area contributed by atoms with E-state index in [1.165, 1.54) is 12.0 Å². The lowest BCUT2D eigenvalue weighted by Gasteiger charge is -2.20. The van der Waals surface area contributed by atoms with Crippen LogP contribution in [0.2, 0.25) is 0 Å². The number of tetrazole rings is 1. The summed E-state index contributed by atoms with van der Waals surface area (Å²) in [5.74, 6) is 0. The summed E-state index contributed by atoms with van der Waals surface area (Å²) in [7, 11) is 0. The fourth-order valence-corrected chi connectivity index (χ4v) is 4.00. The van der Waals surface area contributed by atoms with Gasteiger partial charge >= 0.3 is 0 Å². The van der Waals surface area contributed by atoms with Crippen LogP contribution in [0.15, 0.2) is 35.5 Å². The molecule has 1 saturated heterocycles. The Morgan fingerprint density at radius 1 is 1.23 bits per heavy atom. The standard InChI is InChI=1S/C16H23N5S/c1-16(2,3)21-15(17-18-19-21)22-14-9-10-20(12-14)11-13-7-5-4-6-8-13/h4-8,14H,9-12H2,1-3H3/t14-/m0/s1. The molecular weight excluding hydrogens is 294 g/mol. The second kappa shape index (κ2) is 6.38. The van der Waals surface area contributed by atoms with E-state index in [4.69, 9.17) is 0 Å². The van der Waals surface area contributed by atoms with Gasteiger partial charge in [0, 0.05) is 18.3 Å². The summed E-state index contributed by atoms with van der Waals surface area (Å²) in [6.45, 7) is 9.65. The minimum atomic E-state index is -0.0752. The predicted molar refractivity (Wildman–Crippen MR) is 88.8 cm³/mol. The molecule has 1 aromatic carbocycles. The predicted octanol–water partition coefficient (Wildman–Crippen LogP) is 2.79. The number of rotatable bonds is 4. The van der Waals surface area contributed by atoms with E-state index >= 15 is 0 Å². The highest BCUT2D eigenvalue weighted by Gasteiger charge is 2.27. The average molecular weight is 317 g/mol. The zero-order chi connectivity index (χ0) is 15.6. The maximum Gasteiger partial charge on any atom is 0.210 e. The summed E-state index contributed by atoms with van der Waals surface area (Å²) < 4.78 is 1.93. The quantitative estimate of drug-likeness (QED) is 0.868. The summed E-state index contributed by atoms with van der Waals surface area (Å²) >= 11 is 1.81. The molecule has 0 bridgehead atoms. The fourth-order valence-electron chi connectivity index (χ4n) is 2.70. The van der Waals surface area contributed by atoms with Gasteiger partial charge in [-0.25, -0.2) is 4.68 Å². The molecule has 0 saturated carbocycles. The molecule has 5 nitrogen and oxygen atoms in total. The lowest BCUT2D eigenvalue weighted by Crippen LogP contribution is -2.25. The van der Waals surface area contributed by atoms with Gasteiger partial charge in [0.1, 0.15) is 0 Å². The maximum atomic E-state index is 4.20. The summed E-state index contributed by atoms with van der Waals surface area (Å²) in [5, 5.41) is 13.7. The molecule has 0 amide bonds. The third-order valence-corrected chi connectivity index (χ3v) is 5.01. The van der Waals surface area contributed by atoms with Gasteiger partial charge < -0.3 is 0 Å². The van der Waals surface area contributed by atoms with Crippen LogP contribution in [0.25, 0.3) is 0 Å². The Kier molecular flexibility index (Phi) is 4.49. The number of thioether (sulfide) groups is 1. The zero-order valence-corrected chi connectivity index (χ0v) is 14.3. The van der Waals surface area contributed by atoms with E-state index in [2.05, 4.69) is 71.5 Å². The van der Waals surface area contributed by atoms with Gasteiger partial charge in [0.05, 0.1) is 5.54 Å². The zero-order valence-electron chi connectivity index (χ0n) is 13.4. The summed E-state index contributed by atoms with van der Waals surface area (Å²) in [6, 6.07) is 10.7. The first-order valence-corrected chi connectivity index (χ1v) is 8.62. The second-order valence-corrected chi connectivity index (χ2v) is 8.06. The largest absolute Gasteiger partial charge is 0.298 e. The van der Waals surface area contributed by atoms with Crippen molar-refractivity contribution in [2.75, 3.05) is 13.1 Å². The molecule has 1 atom stereocenters. The molecule has 118 valence electrons. The van der Waals surface area contributed by atoms with E-state index in [0.717, 1.165) is 24.8 Å². The van der Waals surface area contributed by atoms with Gasteiger partial charge in [-0.3, -0.25) is 4.90 Å². The molecule has 2 aromatic rings. The summed E-state index contributed by atoms with van der Waals surface area (Å²) in [4.78, 5) is 2.51. The van der Waals surface area contributed by atoms with Crippen LogP contribution in [0, 0.1) is 0 Å². The topological polar surface area (TPSA) is 46.8 Å². The van der Waals surface area contributed by atoms with Crippen molar-refractivity contribution in [1.29, 1.82) is 0 Å². The molecule has 0 spiro atoms. The van der Waals surface area contributed by atoms with Gasteiger partial charge in [0.25, 0.3) is 0 Å². The van der Waals surface area contributed by atoms with Crippen molar-refractivity contribution in [3.8, 4) is 0 Å². The number of hydrogen-bond acceptors (Lipinski definition) is 5. The third kappa shape index (κ3) is 3.67. The first-order chi connectivity index (χ1) is 10.5. The van der Waals surface area contributed by atoms with E-state index < -0.39 is 0 Å². The van der Waals surface area contributed by atoms with Crippen LogP contribution in [-0.4, -0.2) is 43.4 Å². The van der Waals surface area contributed by atoms with Gasteiger partial charge in [0.2, 0.25) is 5.16 Å². The van der Waals surface area contributed by atoms with Crippen LogP contribution in [0.1, 0.15) is 32.8 Å². The van der Waals surface area contributed by atoms with Crippen LogP contribution in [0.3, 0.4) is 0 Å². The van der Waals surface area contributed by atoms with Crippen molar-refractivity contribution in [2.45, 2.75) is 49.7 Å². The number of benzene rings is 1. The normalized spacial score (nSPS) is 19.7. The molecule has 0 unspecified atom stereocenters. The number of hydrogen-bond donors (Lipinski definition) is 0. The van der Waals surface area contributed by atoms with Crippen LogP contribution >= 0.6 is 11.8 Å². The Hall–Kier alpha value is -1.40. The Morgan fingerprint density at radius 3 is 2.73 bits per heavy atom. The molecule has 6 heteroatoms. The van der Waals surface area contributed by atoms with Crippen molar-refractivity contribution in [2.24, 2.45) is 0 Å². The van der Waals surface area contributed by atoms with E-state index in [-0.39, 0.29) is 5.54 Å². The number of likely N-dealkylation sites (tertiary alicyclic amines) is 1. The first-order valence-electron chi connectivity index (χ1n) is 7.74. The van der Waals surface area contributed by atoms with E-state index in [0.29, 0.717) is 5.25 Å². The highest BCUT2D eigenvalue weighted by Crippen LogP contribution is 2.30. The first kappa shape index (κ1) is 15.5. The van der Waals surface area contributed by atoms with E-state index in [1.54, 1.807) is 0 Å².